The number of amides is 1. The average molecular weight is 329 g/mol. The highest BCUT2D eigenvalue weighted by atomic mass is 16.2. The van der Waals surface area contributed by atoms with Crippen LogP contribution in [0.3, 0.4) is 0 Å². The molecule has 2 saturated heterocycles. The van der Waals surface area contributed by atoms with Gasteiger partial charge in [0.2, 0.25) is 5.91 Å². The predicted octanol–water partition coefficient (Wildman–Crippen LogP) is 2.57. The molecule has 2 N–H and O–H groups in total. The van der Waals surface area contributed by atoms with Gasteiger partial charge < -0.3 is 15.5 Å². The molecule has 1 amide bonds. The Labute approximate surface area is 143 Å². The molecular weight excluding hydrogens is 302 g/mol. The van der Waals surface area contributed by atoms with Crippen LogP contribution < -0.4 is 15.5 Å². The maximum Gasteiger partial charge on any atom is 0.241 e. The summed E-state index contributed by atoms with van der Waals surface area (Å²) in [7, 11) is 0. The van der Waals surface area contributed by atoms with Crippen molar-refractivity contribution in [3.05, 3.63) is 24.3 Å². The van der Waals surface area contributed by atoms with Gasteiger partial charge in [-0.25, -0.2) is 0 Å². The third-order valence-corrected chi connectivity index (χ3v) is 5.13. The van der Waals surface area contributed by atoms with Crippen LogP contribution in [0.1, 0.15) is 39.0 Å². The number of ketones is 1. The summed E-state index contributed by atoms with van der Waals surface area (Å²) in [5, 5.41) is 6.09. The summed E-state index contributed by atoms with van der Waals surface area (Å²) >= 11 is 0. The fourth-order valence-corrected chi connectivity index (χ4v) is 3.56. The molecule has 0 aliphatic carbocycles. The van der Waals surface area contributed by atoms with Crippen LogP contribution in [0.15, 0.2) is 24.3 Å². The van der Waals surface area contributed by atoms with Crippen molar-refractivity contribution in [2.75, 3.05) is 29.9 Å². The minimum absolute atomic E-state index is 0.0360. The van der Waals surface area contributed by atoms with Gasteiger partial charge in [0.25, 0.3) is 0 Å². The molecule has 5 nitrogen and oxygen atoms in total. The molecule has 5 heteroatoms. The molecule has 0 radical (unpaired) electrons. The normalized spacial score (nSPS) is 24.5. The van der Waals surface area contributed by atoms with E-state index in [-0.39, 0.29) is 23.7 Å². The van der Waals surface area contributed by atoms with E-state index >= 15 is 0 Å². The summed E-state index contributed by atoms with van der Waals surface area (Å²) in [6.07, 6.45) is 5.74. The van der Waals surface area contributed by atoms with E-state index in [1.54, 1.807) is 6.92 Å². The third-order valence-electron chi connectivity index (χ3n) is 5.13. The van der Waals surface area contributed by atoms with E-state index in [9.17, 15) is 9.59 Å². The molecule has 1 aromatic carbocycles. The van der Waals surface area contributed by atoms with Crippen molar-refractivity contribution < 1.29 is 9.59 Å². The number of nitrogens with one attached hydrogen (secondary N) is 2. The molecule has 2 fully saturated rings. The van der Waals surface area contributed by atoms with Crippen molar-refractivity contribution in [3.8, 4) is 0 Å². The number of carbonyl (C=O) groups excluding carboxylic acids is 2. The van der Waals surface area contributed by atoms with Crippen LogP contribution in [-0.2, 0) is 9.59 Å². The van der Waals surface area contributed by atoms with Gasteiger partial charge in [-0.1, -0.05) is 12.8 Å². The number of hydrogen-bond acceptors (Lipinski definition) is 4. The monoisotopic (exact) mass is 329 g/mol. The van der Waals surface area contributed by atoms with Crippen LogP contribution in [0.2, 0.25) is 0 Å². The number of benzene rings is 1. The first-order valence-corrected chi connectivity index (χ1v) is 9.03. The van der Waals surface area contributed by atoms with Crippen LogP contribution in [-0.4, -0.2) is 37.4 Å². The SMILES string of the molecule is CC(=O)C1CNC(C(=O)Nc2ccc(N3CCCCCC3)cc2)C1. The average Bonchev–Trinajstić information content (AvgIpc) is 2.93. The summed E-state index contributed by atoms with van der Waals surface area (Å²) in [4.78, 5) is 26.2. The first-order valence-electron chi connectivity index (χ1n) is 9.03. The van der Waals surface area contributed by atoms with Crippen molar-refractivity contribution in [1.29, 1.82) is 0 Å². The molecule has 0 spiro atoms. The van der Waals surface area contributed by atoms with E-state index in [1.165, 1.54) is 31.4 Å². The van der Waals surface area contributed by atoms with Gasteiger partial charge >= 0.3 is 0 Å². The van der Waals surface area contributed by atoms with E-state index < -0.39 is 0 Å². The summed E-state index contributed by atoms with van der Waals surface area (Å²) in [6.45, 7) is 4.42. The van der Waals surface area contributed by atoms with Gasteiger partial charge in [-0.2, -0.15) is 0 Å². The lowest BCUT2D eigenvalue weighted by Gasteiger charge is -2.23. The van der Waals surface area contributed by atoms with Crippen molar-refractivity contribution in [1.82, 2.24) is 5.32 Å². The molecule has 2 atom stereocenters. The molecule has 1 aromatic rings. The van der Waals surface area contributed by atoms with Gasteiger partial charge in [-0.3, -0.25) is 9.59 Å². The lowest BCUT2D eigenvalue weighted by molar-refractivity contribution is -0.120. The Kier molecular flexibility index (Phi) is 5.51. The van der Waals surface area contributed by atoms with Gasteiger partial charge in [0.05, 0.1) is 6.04 Å². The van der Waals surface area contributed by atoms with Gasteiger partial charge in [-0.15, -0.1) is 0 Å². The second kappa shape index (κ2) is 7.79. The second-order valence-electron chi connectivity index (χ2n) is 6.94. The van der Waals surface area contributed by atoms with Crippen LogP contribution in [0.4, 0.5) is 11.4 Å². The Morgan fingerprint density at radius 1 is 1.08 bits per heavy atom. The zero-order chi connectivity index (χ0) is 16.9. The summed E-state index contributed by atoms with van der Waals surface area (Å²) < 4.78 is 0. The van der Waals surface area contributed by atoms with Crippen molar-refractivity contribution >= 4 is 23.1 Å². The highest BCUT2D eigenvalue weighted by Crippen LogP contribution is 2.22. The highest BCUT2D eigenvalue weighted by molar-refractivity contribution is 5.96. The van der Waals surface area contributed by atoms with Gasteiger partial charge in [0, 0.05) is 36.9 Å². The van der Waals surface area contributed by atoms with Gasteiger partial charge in [0.15, 0.2) is 0 Å². The fourth-order valence-electron chi connectivity index (χ4n) is 3.56. The maximum absolute atomic E-state index is 12.3. The maximum atomic E-state index is 12.3. The molecule has 2 unspecified atom stereocenters. The van der Waals surface area contributed by atoms with Gasteiger partial charge in [-0.05, 0) is 50.5 Å². The number of rotatable bonds is 4. The first kappa shape index (κ1) is 17.0. The Balaban J connectivity index is 1.56. The lowest BCUT2D eigenvalue weighted by atomic mass is 10.0. The molecule has 0 aromatic heterocycles. The molecule has 3 rings (SSSR count). The fraction of sp³-hybridized carbons (Fsp3) is 0.579. The van der Waals surface area contributed by atoms with E-state index in [1.807, 2.05) is 12.1 Å². The summed E-state index contributed by atoms with van der Waals surface area (Å²) in [5.74, 6) is 0.0621. The van der Waals surface area contributed by atoms with Crippen LogP contribution >= 0.6 is 0 Å². The van der Waals surface area contributed by atoms with E-state index in [2.05, 4.69) is 27.7 Å². The van der Waals surface area contributed by atoms with E-state index in [0.29, 0.717) is 13.0 Å². The Bertz CT molecular complexity index is 577. The van der Waals surface area contributed by atoms with Crippen molar-refractivity contribution in [2.24, 2.45) is 5.92 Å². The zero-order valence-corrected chi connectivity index (χ0v) is 14.4. The van der Waals surface area contributed by atoms with Crippen LogP contribution in [0, 0.1) is 5.92 Å². The Morgan fingerprint density at radius 2 is 1.75 bits per heavy atom. The largest absolute Gasteiger partial charge is 0.372 e. The van der Waals surface area contributed by atoms with Gasteiger partial charge in [0.1, 0.15) is 5.78 Å². The molecule has 24 heavy (non-hydrogen) atoms. The van der Waals surface area contributed by atoms with E-state index in [4.69, 9.17) is 0 Å². The minimum atomic E-state index is -0.274. The highest BCUT2D eigenvalue weighted by Gasteiger charge is 2.31. The van der Waals surface area contributed by atoms with Crippen molar-refractivity contribution in [3.63, 3.8) is 0 Å². The van der Waals surface area contributed by atoms with E-state index in [0.717, 1.165) is 18.8 Å². The quantitative estimate of drug-likeness (QED) is 0.891. The van der Waals surface area contributed by atoms with Crippen molar-refractivity contribution in [2.45, 2.75) is 45.1 Å². The number of hydrogen-bond donors (Lipinski definition) is 2. The molecule has 2 aliphatic rings. The van der Waals surface area contributed by atoms with Crippen LogP contribution in [0.25, 0.3) is 0 Å². The zero-order valence-electron chi connectivity index (χ0n) is 14.4. The standard InChI is InChI=1S/C19H27N3O2/c1-14(23)15-12-18(20-13-15)19(24)21-16-6-8-17(9-7-16)22-10-4-2-3-5-11-22/h6-9,15,18,20H,2-5,10-13H2,1H3,(H,21,24). The molecule has 0 saturated carbocycles. The second-order valence-corrected chi connectivity index (χ2v) is 6.94. The Hall–Kier alpha value is -1.88. The first-order chi connectivity index (χ1) is 11.6. The predicted molar refractivity (Wildman–Crippen MR) is 96.3 cm³/mol. The topological polar surface area (TPSA) is 61.4 Å². The number of carbonyl (C=O) groups is 2. The lowest BCUT2D eigenvalue weighted by Crippen LogP contribution is -2.35. The number of Topliss-reactive ketones (excluding diaryl/α,β-unsaturated/α-hetero) is 1. The number of nitrogens with zero attached hydrogens (tertiary/aromatic N) is 1. The molecular formula is C19H27N3O2. The Morgan fingerprint density at radius 3 is 2.33 bits per heavy atom. The van der Waals surface area contributed by atoms with Crippen LogP contribution in [0.5, 0.6) is 0 Å². The minimum Gasteiger partial charge on any atom is -0.372 e. The molecule has 130 valence electrons. The summed E-state index contributed by atoms with van der Waals surface area (Å²) in [5.41, 5.74) is 2.04. The smallest absolute Gasteiger partial charge is 0.241 e. The molecule has 2 heterocycles. The number of anilines is 2. The molecule has 2 aliphatic heterocycles. The third kappa shape index (κ3) is 4.15. The molecule has 0 bridgehead atoms. The summed E-state index contributed by atoms with van der Waals surface area (Å²) in [6, 6.07) is 7.83.